The number of hydrogen-bond donors (Lipinski definition) is 1. The number of hydrazone groups is 1. The van der Waals surface area contributed by atoms with Crippen molar-refractivity contribution in [2.75, 3.05) is 12.8 Å². The van der Waals surface area contributed by atoms with Crippen LogP contribution in [0.2, 0.25) is 0 Å². The molecular weight excluding hydrogens is 188 g/mol. The summed E-state index contributed by atoms with van der Waals surface area (Å²) in [5.41, 5.74) is -0.850. The van der Waals surface area contributed by atoms with E-state index < -0.39 is 11.5 Å². The summed E-state index contributed by atoms with van der Waals surface area (Å²) in [6.45, 7) is 3.73. The molecule has 0 spiro atoms. The third-order valence-corrected chi connectivity index (χ3v) is 3.09. The van der Waals surface area contributed by atoms with Crippen LogP contribution in [0, 0.1) is 0 Å². The zero-order valence-electron chi connectivity index (χ0n) is 8.07. The van der Waals surface area contributed by atoms with Gasteiger partial charge in [0.1, 0.15) is 0 Å². The quantitative estimate of drug-likeness (QED) is 0.731. The van der Waals surface area contributed by atoms with Gasteiger partial charge in [0.15, 0.2) is 5.54 Å². The van der Waals surface area contributed by atoms with Gasteiger partial charge < -0.3 is 5.11 Å². The molecule has 0 radical (unpaired) electrons. The Morgan fingerprint density at radius 3 is 2.85 bits per heavy atom. The van der Waals surface area contributed by atoms with Gasteiger partial charge in [-0.1, -0.05) is 6.92 Å². The van der Waals surface area contributed by atoms with Crippen LogP contribution in [0.15, 0.2) is 5.10 Å². The van der Waals surface area contributed by atoms with E-state index in [-0.39, 0.29) is 0 Å². The normalized spacial score (nSPS) is 27.6. The van der Waals surface area contributed by atoms with E-state index >= 15 is 0 Å². The van der Waals surface area contributed by atoms with Crippen LogP contribution in [0.1, 0.15) is 20.3 Å². The first-order valence-corrected chi connectivity index (χ1v) is 5.16. The lowest BCUT2D eigenvalue weighted by molar-refractivity contribution is -0.148. The summed E-state index contributed by atoms with van der Waals surface area (Å²) in [5, 5.41) is 15.6. The van der Waals surface area contributed by atoms with Crippen LogP contribution >= 0.6 is 11.8 Å². The molecule has 1 rings (SSSR count). The van der Waals surface area contributed by atoms with Gasteiger partial charge in [-0.05, 0) is 12.7 Å². The van der Waals surface area contributed by atoms with Gasteiger partial charge in [0.25, 0.3) is 0 Å². The topological polar surface area (TPSA) is 52.9 Å². The maximum absolute atomic E-state index is 11.0. The van der Waals surface area contributed by atoms with Gasteiger partial charge in [-0.25, -0.2) is 4.79 Å². The van der Waals surface area contributed by atoms with Crippen LogP contribution in [0.4, 0.5) is 0 Å². The zero-order chi connectivity index (χ0) is 10.1. The molecule has 0 aliphatic carbocycles. The molecule has 0 aromatic carbocycles. The van der Waals surface area contributed by atoms with Crippen molar-refractivity contribution in [3.63, 3.8) is 0 Å². The average molecular weight is 202 g/mol. The molecule has 0 fully saturated rings. The van der Waals surface area contributed by atoms with Crippen LogP contribution < -0.4 is 0 Å². The van der Waals surface area contributed by atoms with Crippen LogP contribution in [0.5, 0.6) is 0 Å². The molecule has 0 amide bonds. The van der Waals surface area contributed by atoms with E-state index in [1.807, 2.05) is 6.92 Å². The Balaban J connectivity index is 2.74. The van der Waals surface area contributed by atoms with Crippen LogP contribution in [-0.4, -0.2) is 39.5 Å². The number of hydrogen-bond acceptors (Lipinski definition) is 4. The van der Waals surface area contributed by atoms with E-state index in [9.17, 15) is 4.79 Å². The number of nitrogens with zero attached hydrogens (tertiary/aromatic N) is 2. The number of carbonyl (C=O) groups is 1. The van der Waals surface area contributed by atoms with E-state index in [1.165, 1.54) is 5.01 Å². The van der Waals surface area contributed by atoms with Crippen LogP contribution in [-0.2, 0) is 4.79 Å². The summed E-state index contributed by atoms with van der Waals surface area (Å²) in [5.74, 6) is 0.119. The third-order valence-electron chi connectivity index (χ3n) is 2.24. The molecule has 1 N–H and O–H groups in total. The molecule has 1 aliphatic heterocycles. The minimum atomic E-state index is -0.850. The molecule has 1 unspecified atom stereocenters. The number of carboxylic acids is 1. The highest BCUT2D eigenvalue weighted by molar-refractivity contribution is 8.13. The Bertz CT molecular complexity index is 255. The predicted molar refractivity (Wildman–Crippen MR) is 54.0 cm³/mol. The fraction of sp³-hybridized carbons (Fsp3) is 0.750. The highest BCUT2D eigenvalue weighted by Gasteiger charge is 2.43. The second kappa shape index (κ2) is 3.57. The Hall–Kier alpha value is -0.710. The van der Waals surface area contributed by atoms with E-state index in [0.717, 1.165) is 10.8 Å². The van der Waals surface area contributed by atoms with Crippen molar-refractivity contribution in [2.45, 2.75) is 25.8 Å². The van der Waals surface area contributed by atoms with Gasteiger partial charge in [-0.3, -0.25) is 5.01 Å². The maximum Gasteiger partial charge on any atom is 0.331 e. The molecule has 0 aromatic rings. The number of thioether (sulfide) groups is 1. The van der Waals surface area contributed by atoms with Gasteiger partial charge in [-0.2, -0.15) is 5.10 Å². The predicted octanol–water partition coefficient (Wildman–Crippen LogP) is 1.23. The minimum Gasteiger partial charge on any atom is -0.479 e. The Kier molecular flexibility index (Phi) is 2.85. The summed E-state index contributed by atoms with van der Waals surface area (Å²) >= 11 is 1.61. The van der Waals surface area contributed by atoms with Gasteiger partial charge in [-0.15, -0.1) is 11.8 Å². The first kappa shape index (κ1) is 10.4. The SMILES string of the molecule is CCSC1=NN(C)C(C)(C(=O)O)C1. The Morgan fingerprint density at radius 2 is 2.46 bits per heavy atom. The van der Waals surface area contributed by atoms with E-state index in [2.05, 4.69) is 5.10 Å². The number of carboxylic acid groups (broad SMARTS) is 1. The van der Waals surface area contributed by atoms with Gasteiger partial charge >= 0.3 is 5.97 Å². The van der Waals surface area contributed by atoms with Crippen molar-refractivity contribution < 1.29 is 9.90 Å². The molecule has 5 heteroatoms. The minimum absolute atomic E-state index is 0.511. The van der Waals surface area contributed by atoms with E-state index in [0.29, 0.717) is 6.42 Å². The fourth-order valence-corrected chi connectivity index (χ4v) is 2.08. The monoisotopic (exact) mass is 202 g/mol. The highest BCUT2D eigenvalue weighted by Crippen LogP contribution is 2.29. The summed E-state index contributed by atoms with van der Waals surface area (Å²) in [4.78, 5) is 11.0. The van der Waals surface area contributed by atoms with Gasteiger partial charge in [0, 0.05) is 13.5 Å². The average Bonchev–Trinajstić information content (AvgIpc) is 2.29. The second-order valence-corrected chi connectivity index (χ2v) is 4.54. The standard InChI is InChI=1S/C8H14N2O2S/c1-4-13-6-5-8(2,7(11)12)10(3)9-6/h4-5H2,1-3H3,(H,11,12). The zero-order valence-corrected chi connectivity index (χ0v) is 8.89. The number of aliphatic carboxylic acids is 1. The number of likely N-dealkylation sites (N-methyl/N-ethyl adjacent to an activating group) is 1. The lowest BCUT2D eigenvalue weighted by Gasteiger charge is -2.25. The van der Waals surface area contributed by atoms with Crippen molar-refractivity contribution >= 4 is 22.8 Å². The van der Waals surface area contributed by atoms with Crippen LogP contribution in [0.3, 0.4) is 0 Å². The molecule has 74 valence electrons. The Labute approximate surface area is 82.0 Å². The van der Waals surface area contributed by atoms with Crippen molar-refractivity contribution in [3.8, 4) is 0 Å². The molecule has 0 bridgehead atoms. The molecule has 1 heterocycles. The summed E-state index contributed by atoms with van der Waals surface area (Å²) in [6, 6.07) is 0. The van der Waals surface area contributed by atoms with Gasteiger partial charge in [0.05, 0.1) is 5.04 Å². The first-order valence-electron chi connectivity index (χ1n) is 4.18. The summed E-state index contributed by atoms with van der Waals surface area (Å²) in [7, 11) is 1.71. The van der Waals surface area contributed by atoms with Crippen LogP contribution in [0.25, 0.3) is 0 Å². The molecule has 1 atom stereocenters. The van der Waals surface area contributed by atoms with Crippen molar-refractivity contribution in [3.05, 3.63) is 0 Å². The molecule has 4 nitrogen and oxygen atoms in total. The molecule has 0 saturated heterocycles. The molecule has 1 aliphatic rings. The lowest BCUT2D eigenvalue weighted by Crippen LogP contribution is -2.45. The van der Waals surface area contributed by atoms with Crippen molar-refractivity contribution in [1.29, 1.82) is 0 Å². The van der Waals surface area contributed by atoms with E-state index in [1.54, 1.807) is 25.7 Å². The summed E-state index contributed by atoms with van der Waals surface area (Å²) < 4.78 is 0. The summed E-state index contributed by atoms with van der Waals surface area (Å²) in [6.07, 6.45) is 0.511. The fourth-order valence-electron chi connectivity index (χ4n) is 1.18. The van der Waals surface area contributed by atoms with E-state index in [4.69, 9.17) is 5.11 Å². The molecule has 0 aromatic heterocycles. The molecular formula is C8H14N2O2S. The third kappa shape index (κ3) is 1.80. The smallest absolute Gasteiger partial charge is 0.331 e. The van der Waals surface area contributed by atoms with Crippen molar-refractivity contribution in [2.24, 2.45) is 5.10 Å². The largest absolute Gasteiger partial charge is 0.479 e. The van der Waals surface area contributed by atoms with Crippen molar-refractivity contribution in [1.82, 2.24) is 5.01 Å². The maximum atomic E-state index is 11.0. The molecule has 13 heavy (non-hydrogen) atoms. The lowest BCUT2D eigenvalue weighted by atomic mass is 10.00. The number of rotatable bonds is 2. The second-order valence-electron chi connectivity index (χ2n) is 3.21. The molecule has 0 saturated carbocycles. The van der Waals surface area contributed by atoms with Gasteiger partial charge in [0.2, 0.25) is 0 Å². The Morgan fingerprint density at radius 1 is 1.85 bits per heavy atom. The first-order chi connectivity index (χ1) is 6.00. The highest BCUT2D eigenvalue weighted by atomic mass is 32.2.